The van der Waals surface area contributed by atoms with Gasteiger partial charge in [-0.1, -0.05) is 0 Å². The Labute approximate surface area is 104 Å². The van der Waals surface area contributed by atoms with Gasteiger partial charge in [-0.2, -0.15) is 0 Å². The molecular formula is C14H23N3. The quantitative estimate of drug-likeness (QED) is 0.847. The number of anilines is 1. The molecule has 1 fully saturated rings. The summed E-state index contributed by atoms with van der Waals surface area (Å²) in [6, 6.07) is 3.49. The second kappa shape index (κ2) is 5.05. The summed E-state index contributed by atoms with van der Waals surface area (Å²) in [5, 5.41) is 3.52. The first-order chi connectivity index (χ1) is 8.08. The molecule has 0 saturated heterocycles. The van der Waals surface area contributed by atoms with E-state index in [1.807, 2.05) is 6.20 Å². The smallest absolute Gasteiger partial charge is 0.131 e. The van der Waals surface area contributed by atoms with Crippen molar-refractivity contribution in [1.29, 1.82) is 0 Å². The van der Waals surface area contributed by atoms with E-state index in [1.54, 1.807) is 0 Å². The molecule has 1 aliphatic carbocycles. The highest BCUT2D eigenvalue weighted by Crippen LogP contribution is 2.21. The molecule has 0 unspecified atom stereocenters. The van der Waals surface area contributed by atoms with Gasteiger partial charge < -0.3 is 10.2 Å². The molecule has 0 radical (unpaired) electrons. The molecule has 0 aromatic carbocycles. The van der Waals surface area contributed by atoms with Crippen LogP contribution in [-0.2, 0) is 6.54 Å². The summed E-state index contributed by atoms with van der Waals surface area (Å²) in [5.74, 6) is 1.09. The van der Waals surface area contributed by atoms with Crippen LogP contribution >= 0.6 is 0 Å². The molecule has 0 aliphatic heterocycles. The van der Waals surface area contributed by atoms with E-state index >= 15 is 0 Å². The third kappa shape index (κ3) is 3.19. The number of nitrogens with zero attached hydrogens (tertiary/aromatic N) is 2. The number of nitrogens with one attached hydrogen (secondary N) is 1. The molecule has 1 aromatic heterocycles. The summed E-state index contributed by atoms with van der Waals surface area (Å²) < 4.78 is 0. The Morgan fingerprint density at radius 3 is 2.71 bits per heavy atom. The van der Waals surface area contributed by atoms with E-state index in [0.717, 1.165) is 18.4 Å². The molecule has 1 aromatic rings. The van der Waals surface area contributed by atoms with Crippen molar-refractivity contribution >= 4 is 5.82 Å². The Morgan fingerprint density at radius 2 is 2.18 bits per heavy atom. The fourth-order valence-corrected chi connectivity index (χ4v) is 1.89. The first-order valence-corrected chi connectivity index (χ1v) is 6.49. The summed E-state index contributed by atoms with van der Waals surface area (Å²) in [6.07, 6.45) is 4.66. The molecule has 1 heterocycles. The highest BCUT2D eigenvalue weighted by Gasteiger charge is 2.20. The van der Waals surface area contributed by atoms with Crippen molar-refractivity contribution < 1.29 is 0 Å². The molecule has 94 valence electrons. The minimum Gasteiger partial charge on any atom is -0.357 e. The fourth-order valence-electron chi connectivity index (χ4n) is 1.89. The lowest BCUT2D eigenvalue weighted by molar-refractivity contribution is 0.683. The number of hydrogen-bond donors (Lipinski definition) is 1. The van der Waals surface area contributed by atoms with Crippen molar-refractivity contribution in [2.45, 2.75) is 52.2 Å². The van der Waals surface area contributed by atoms with E-state index in [9.17, 15) is 0 Å². The van der Waals surface area contributed by atoms with Crippen LogP contribution in [0.5, 0.6) is 0 Å². The summed E-state index contributed by atoms with van der Waals surface area (Å²) in [4.78, 5) is 6.80. The zero-order valence-electron chi connectivity index (χ0n) is 11.3. The monoisotopic (exact) mass is 233 g/mol. The van der Waals surface area contributed by atoms with E-state index in [-0.39, 0.29) is 0 Å². The summed E-state index contributed by atoms with van der Waals surface area (Å²) >= 11 is 0. The van der Waals surface area contributed by atoms with Gasteiger partial charge in [-0.15, -0.1) is 0 Å². The van der Waals surface area contributed by atoms with E-state index in [2.05, 4.69) is 49.1 Å². The van der Waals surface area contributed by atoms with Crippen LogP contribution in [0.1, 0.15) is 37.8 Å². The predicted molar refractivity (Wildman–Crippen MR) is 72.4 cm³/mol. The standard InChI is InChI=1S/C14H23N3/c1-10(2)17(4)14-11(3)7-12(9-16-14)8-15-13-5-6-13/h7,9-10,13,15H,5-6,8H2,1-4H3. The van der Waals surface area contributed by atoms with Crippen molar-refractivity contribution in [2.24, 2.45) is 0 Å². The zero-order chi connectivity index (χ0) is 12.4. The van der Waals surface area contributed by atoms with Crippen LogP contribution < -0.4 is 10.2 Å². The lowest BCUT2D eigenvalue weighted by Gasteiger charge is -2.24. The molecule has 17 heavy (non-hydrogen) atoms. The van der Waals surface area contributed by atoms with Crippen LogP contribution in [0.25, 0.3) is 0 Å². The molecular weight excluding hydrogens is 210 g/mol. The topological polar surface area (TPSA) is 28.2 Å². The third-order valence-electron chi connectivity index (χ3n) is 3.39. The van der Waals surface area contributed by atoms with Gasteiger partial charge >= 0.3 is 0 Å². The molecule has 1 saturated carbocycles. The average Bonchev–Trinajstić information content (AvgIpc) is 3.09. The molecule has 1 N–H and O–H groups in total. The van der Waals surface area contributed by atoms with E-state index < -0.39 is 0 Å². The van der Waals surface area contributed by atoms with Crippen LogP contribution in [0, 0.1) is 6.92 Å². The molecule has 2 rings (SSSR count). The molecule has 1 aliphatic rings. The molecule has 0 bridgehead atoms. The SMILES string of the molecule is Cc1cc(CNC2CC2)cnc1N(C)C(C)C. The van der Waals surface area contributed by atoms with E-state index in [1.165, 1.54) is 24.0 Å². The van der Waals surface area contributed by atoms with Crippen molar-refractivity contribution in [3.05, 3.63) is 23.4 Å². The number of rotatable bonds is 5. The summed E-state index contributed by atoms with van der Waals surface area (Å²) in [7, 11) is 2.10. The van der Waals surface area contributed by atoms with Crippen molar-refractivity contribution in [2.75, 3.05) is 11.9 Å². The first-order valence-electron chi connectivity index (χ1n) is 6.49. The Morgan fingerprint density at radius 1 is 1.47 bits per heavy atom. The van der Waals surface area contributed by atoms with Crippen LogP contribution in [0.3, 0.4) is 0 Å². The molecule has 3 nitrogen and oxygen atoms in total. The van der Waals surface area contributed by atoms with Gasteiger partial charge in [-0.25, -0.2) is 4.98 Å². The van der Waals surface area contributed by atoms with E-state index in [0.29, 0.717) is 6.04 Å². The number of pyridine rings is 1. The molecule has 0 atom stereocenters. The Bertz CT molecular complexity index is 383. The Hall–Kier alpha value is -1.09. The van der Waals surface area contributed by atoms with Gasteiger partial charge in [0.15, 0.2) is 0 Å². The van der Waals surface area contributed by atoms with E-state index in [4.69, 9.17) is 0 Å². The maximum Gasteiger partial charge on any atom is 0.131 e. The van der Waals surface area contributed by atoms with Gasteiger partial charge in [-0.3, -0.25) is 0 Å². The Kier molecular flexibility index (Phi) is 3.67. The first kappa shape index (κ1) is 12.4. The maximum atomic E-state index is 4.58. The Balaban J connectivity index is 2.04. The van der Waals surface area contributed by atoms with Crippen LogP contribution in [0.2, 0.25) is 0 Å². The molecule has 0 amide bonds. The van der Waals surface area contributed by atoms with Crippen LogP contribution in [0.15, 0.2) is 12.3 Å². The minimum absolute atomic E-state index is 0.483. The van der Waals surface area contributed by atoms with Crippen molar-refractivity contribution in [3.63, 3.8) is 0 Å². The lowest BCUT2D eigenvalue weighted by atomic mass is 10.2. The van der Waals surface area contributed by atoms with Gasteiger partial charge in [0.05, 0.1) is 0 Å². The summed E-state index contributed by atoms with van der Waals surface area (Å²) in [5.41, 5.74) is 2.55. The normalized spacial score (nSPS) is 15.4. The minimum atomic E-state index is 0.483. The largest absolute Gasteiger partial charge is 0.357 e. The number of hydrogen-bond acceptors (Lipinski definition) is 3. The molecule has 0 spiro atoms. The number of aryl methyl sites for hydroxylation is 1. The van der Waals surface area contributed by atoms with Gasteiger partial charge in [0, 0.05) is 31.9 Å². The number of aromatic nitrogens is 1. The lowest BCUT2D eigenvalue weighted by Crippen LogP contribution is -2.27. The van der Waals surface area contributed by atoms with Crippen LogP contribution in [-0.4, -0.2) is 24.1 Å². The summed E-state index contributed by atoms with van der Waals surface area (Å²) in [6.45, 7) is 7.46. The van der Waals surface area contributed by atoms with Gasteiger partial charge in [0.2, 0.25) is 0 Å². The predicted octanol–water partition coefficient (Wildman–Crippen LogP) is 2.49. The van der Waals surface area contributed by atoms with Gasteiger partial charge in [0.1, 0.15) is 5.82 Å². The molecule has 3 heteroatoms. The second-order valence-electron chi connectivity index (χ2n) is 5.34. The third-order valence-corrected chi connectivity index (χ3v) is 3.39. The second-order valence-corrected chi connectivity index (χ2v) is 5.34. The fraction of sp³-hybridized carbons (Fsp3) is 0.643. The maximum absolute atomic E-state index is 4.58. The van der Waals surface area contributed by atoms with Crippen molar-refractivity contribution in [1.82, 2.24) is 10.3 Å². The van der Waals surface area contributed by atoms with Crippen molar-refractivity contribution in [3.8, 4) is 0 Å². The van der Waals surface area contributed by atoms with Gasteiger partial charge in [0.25, 0.3) is 0 Å². The zero-order valence-corrected chi connectivity index (χ0v) is 11.3. The van der Waals surface area contributed by atoms with Gasteiger partial charge in [-0.05, 0) is 50.8 Å². The highest BCUT2D eigenvalue weighted by molar-refractivity contribution is 5.47. The average molecular weight is 233 g/mol. The highest BCUT2D eigenvalue weighted by atomic mass is 15.2. The van der Waals surface area contributed by atoms with Crippen LogP contribution in [0.4, 0.5) is 5.82 Å².